The Bertz CT molecular complexity index is 339. The van der Waals surface area contributed by atoms with Gasteiger partial charge >= 0.3 is 0 Å². The van der Waals surface area contributed by atoms with Crippen molar-refractivity contribution in [1.82, 2.24) is 9.97 Å². The van der Waals surface area contributed by atoms with Crippen molar-refractivity contribution in [2.75, 3.05) is 5.32 Å². The Labute approximate surface area is 94.1 Å². The smallest absolute Gasteiger partial charge is 0.156 e. The predicted molar refractivity (Wildman–Crippen MR) is 60.4 cm³/mol. The Balaban J connectivity index is 2.93. The minimum atomic E-state index is 0.188. The van der Waals surface area contributed by atoms with Crippen LogP contribution in [0, 0.1) is 0 Å². The standard InChI is InChI=1S/C10H14ClN3O/c1-3-7(4-2)14-10-8(5-15)9(11)12-6-13-10/h5-7H,3-4H2,1-2H3,(H,12,13,14). The van der Waals surface area contributed by atoms with Crippen LogP contribution in [0.15, 0.2) is 6.33 Å². The van der Waals surface area contributed by atoms with E-state index in [1.165, 1.54) is 6.33 Å². The molecule has 0 saturated heterocycles. The Morgan fingerprint density at radius 2 is 2.13 bits per heavy atom. The second-order valence-electron chi connectivity index (χ2n) is 3.20. The molecule has 15 heavy (non-hydrogen) atoms. The fourth-order valence-electron chi connectivity index (χ4n) is 1.28. The second kappa shape index (κ2) is 5.66. The summed E-state index contributed by atoms with van der Waals surface area (Å²) in [6.07, 6.45) is 3.96. The van der Waals surface area contributed by atoms with E-state index in [1.807, 2.05) is 0 Å². The van der Waals surface area contributed by atoms with Crippen molar-refractivity contribution in [3.63, 3.8) is 0 Å². The van der Waals surface area contributed by atoms with E-state index < -0.39 is 0 Å². The van der Waals surface area contributed by atoms with Gasteiger partial charge in [-0.3, -0.25) is 4.79 Å². The summed E-state index contributed by atoms with van der Waals surface area (Å²) in [5.74, 6) is 0.513. The van der Waals surface area contributed by atoms with Crippen molar-refractivity contribution in [1.29, 1.82) is 0 Å². The zero-order valence-electron chi connectivity index (χ0n) is 8.83. The van der Waals surface area contributed by atoms with Gasteiger partial charge in [0, 0.05) is 6.04 Å². The Kier molecular flexibility index (Phi) is 4.49. The molecule has 0 fully saturated rings. The highest BCUT2D eigenvalue weighted by atomic mass is 35.5. The Morgan fingerprint density at radius 1 is 1.47 bits per heavy atom. The molecule has 82 valence electrons. The maximum atomic E-state index is 10.8. The van der Waals surface area contributed by atoms with E-state index in [1.54, 1.807) is 0 Å². The van der Waals surface area contributed by atoms with Crippen molar-refractivity contribution in [2.24, 2.45) is 0 Å². The van der Waals surface area contributed by atoms with E-state index in [2.05, 4.69) is 29.1 Å². The van der Waals surface area contributed by atoms with Gasteiger partial charge in [0.1, 0.15) is 17.3 Å². The molecule has 1 aromatic rings. The van der Waals surface area contributed by atoms with E-state index >= 15 is 0 Å². The third-order valence-corrected chi connectivity index (χ3v) is 2.58. The van der Waals surface area contributed by atoms with Gasteiger partial charge < -0.3 is 5.32 Å². The number of anilines is 1. The first-order chi connectivity index (χ1) is 7.22. The highest BCUT2D eigenvalue weighted by Gasteiger charge is 2.11. The molecular formula is C10H14ClN3O. The number of halogens is 1. The van der Waals surface area contributed by atoms with Crippen LogP contribution in [0.1, 0.15) is 37.0 Å². The average Bonchev–Trinajstić information content (AvgIpc) is 2.26. The molecule has 0 saturated carbocycles. The molecule has 0 atom stereocenters. The molecule has 0 radical (unpaired) electrons. The highest BCUT2D eigenvalue weighted by molar-refractivity contribution is 6.32. The van der Waals surface area contributed by atoms with Gasteiger partial charge in [0.2, 0.25) is 0 Å². The van der Waals surface area contributed by atoms with E-state index in [0.717, 1.165) is 12.8 Å². The molecule has 1 N–H and O–H groups in total. The lowest BCUT2D eigenvalue weighted by Gasteiger charge is -2.16. The number of nitrogens with one attached hydrogen (secondary N) is 1. The van der Waals surface area contributed by atoms with Gasteiger partial charge in [0.05, 0.1) is 5.56 Å². The second-order valence-corrected chi connectivity index (χ2v) is 3.56. The van der Waals surface area contributed by atoms with Crippen molar-refractivity contribution in [3.8, 4) is 0 Å². The van der Waals surface area contributed by atoms with Gasteiger partial charge in [0.25, 0.3) is 0 Å². The molecule has 0 aliphatic rings. The van der Waals surface area contributed by atoms with E-state index in [-0.39, 0.29) is 5.15 Å². The number of hydrogen-bond acceptors (Lipinski definition) is 4. The van der Waals surface area contributed by atoms with Crippen molar-refractivity contribution >= 4 is 23.7 Å². The summed E-state index contributed by atoms with van der Waals surface area (Å²) in [7, 11) is 0. The van der Waals surface area contributed by atoms with Gasteiger partial charge in [-0.25, -0.2) is 9.97 Å². The van der Waals surface area contributed by atoms with E-state index in [0.29, 0.717) is 23.7 Å². The highest BCUT2D eigenvalue weighted by Crippen LogP contribution is 2.18. The lowest BCUT2D eigenvalue weighted by Crippen LogP contribution is -2.19. The first-order valence-electron chi connectivity index (χ1n) is 4.95. The molecule has 0 aromatic carbocycles. The quantitative estimate of drug-likeness (QED) is 0.621. The average molecular weight is 228 g/mol. The third kappa shape index (κ3) is 2.89. The van der Waals surface area contributed by atoms with Crippen LogP contribution >= 0.6 is 11.6 Å². The number of aromatic nitrogens is 2. The Hall–Kier alpha value is -1.16. The van der Waals surface area contributed by atoms with Gasteiger partial charge in [0.15, 0.2) is 6.29 Å². The number of aldehydes is 1. The van der Waals surface area contributed by atoms with Gasteiger partial charge in [-0.15, -0.1) is 0 Å². The summed E-state index contributed by atoms with van der Waals surface area (Å²) in [6, 6.07) is 0.301. The third-order valence-electron chi connectivity index (χ3n) is 2.28. The van der Waals surface area contributed by atoms with Gasteiger partial charge in [-0.2, -0.15) is 0 Å². The summed E-state index contributed by atoms with van der Waals surface area (Å²) in [5.41, 5.74) is 0.325. The number of carbonyl (C=O) groups excluding carboxylic acids is 1. The van der Waals surface area contributed by atoms with Crippen LogP contribution in [-0.2, 0) is 0 Å². The van der Waals surface area contributed by atoms with Gasteiger partial charge in [-0.1, -0.05) is 25.4 Å². The fourth-order valence-corrected chi connectivity index (χ4v) is 1.46. The summed E-state index contributed by atoms with van der Waals surface area (Å²) in [4.78, 5) is 18.6. The molecule has 0 spiro atoms. The molecule has 0 amide bonds. The monoisotopic (exact) mass is 227 g/mol. The molecule has 5 heteroatoms. The normalized spacial score (nSPS) is 10.4. The summed E-state index contributed by atoms with van der Waals surface area (Å²) in [5, 5.41) is 3.36. The van der Waals surface area contributed by atoms with Crippen LogP contribution in [-0.4, -0.2) is 22.3 Å². The molecule has 1 heterocycles. The van der Waals surface area contributed by atoms with Crippen LogP contribution in [0.3, 0.4) is 0 Å². The van der Waals surface area contributed by atoms with E-state index in [4.69, 9.17) is 11.6 Å². The number of nitrogens with zero attached hydrogens (tertiary/aromatic N) is 2. The zero-order valence-corrected chi connectivity index (χ0v) is 9.58. The van der Waals surface area contributed by atoms with Crippen molar-refractivity contribution in [3.05, 3.63) is 17.0 Å². The van der Waals surface area contributed by atoms with Crippen LogP contribution in [0.25, 0.3) is 0 Å². The largest absolute Gasteiger partial charge is 0.367 e. The van der Waals surface area contributed by atoms with Crippen LogP contribution in [0.4, 0.5) is 5.82 Å². The van der Waals surface area contributed by atoms with Gasteiger partial charge in [-0.05, 0) is 12.8 Å². The minimum absolute atomic E-state index is 0.188. The molecule has 1 rings (SSSR count). The lowest BCUT2D eigenvalue weighted by atomic mass is 10.1. The number of carbonyl (C=O) groups is 1. The van der Waals surface area contributed by atoms with Crippen LogP contribution in [0.2, 0.25) is 5.15 Å². The molecule has 1 aromatic heterocycles. The molecule has 4 nitrogen and oxygen atoms in total. The minimum Gasteiger partial charge on any atom is -0.367 e. The van der Waals surface area contributed by atoms with Crippen molar-refractivity contribution < 1.29 is 4.79 Å². The summed E-state index contributed by atoms with van der Waals surface area (Å²) < 4.78 is 0. The summed E-state index contributed by atoms with van der Waals surface area (Å²) >= 11 is 5.78. The molecule has 0 aliphatic carbocycles. The predicted octanol–water partition coefficient (Wildman–Crippen LogP) is 2.54. The van der Waals surface area contributed by atoms with Crippen LogP contribution < -0.4 is 5.32 Å². The number of rotatable bonds is 5. The van der Waals surface area contributed by atoms with Crippen molar-refractivity contribution in [2.45, 2.75) is 32.7 Å². The SMILES string of the molecule is CCC(CC)Nc1ncnc(Cl)c1C=O. The first kappa shape index (κ1) is 11.9. The number of hydrogen-bond donors (Lipinski definition) is 1. The zero-order chi connectivity index (χ0) is 11.3. The first-order valence-corrected chi connectivity index (χ1v) is 5.32. The maximum Gasteiger partial charge on any atom is 0.156 e. The van der Waals surface area contributed by atoms with Crippen LogP contribution in [0.5, 0.6) is 0 Å². The maximum absolute atomic E-state index is 10.8. The molecule has 0 aliphatic heterocycles. The summed E-state index contributed by atoms with van der Waals surface area (Å²) in [6.45, 7) is 4.15. The lowest BCUT2D eigenvalue weighted by molar-refractivity contribution is 0.112. The molecule has 0 unspecified atom stereocenters. The molecule has 0 bridgehead atoms. The Morgan fingerprint density at radius 3 is 2.67 bits per heavy atom. The van der Waals surface area contributed by atoms with E-state index in [9.17, 15) is 4.79 Å². The topological polar surface area (TPSA) is 54.9 Å². The molecular weight excluding hydrogens is 214 g/mol. The fraction of sp³-hybridized carbons (Fsp3) is 0.500.